The molecule has 0 fully saturated rings. The fourth-order valence-electron chi connectivity index (χ4n) is 2.04. The van der Waals surface area contributed by atoms with Crippen molar-refractivity contribution >= 4 is 22.9 Å². The number of carbonyl (C=O) groups excluding carboxylic acids is 1. The first-order valence-electron chi connectivity index (χ1n) is 6.70. The molecule has 0 atom stereocenters. The predicted molar refractivity (Wildman–Crippen MR) is 84.9 cm³/mol. The Balaban J connectivity index is 2.71. The molecule has 0 saturated heterocycles. The van der Waals surface area contributed by atoms with E-state index >= 15 is 0 Å². The lowest BCUT2D eigenvalue weighted by molar-refractivity contribution is -0.117. The molecule has 0 amide bonds. The summed E-state index contributed by atoms with van der Waals surface area (Å²) in [5, 5.41) is 0. The summed E-state index contributed by atoms with van der Waals surface area (Å²) in [6.07, 6.45) is 1.49. The number of carbonyl (C=O) groups is 1. The maximum absolute atomic E-state index is 12.1. The first-order valence-corrected chi connectivity index (χ1v) is 7.11. The molecule has 3 nitrogen and oxygen atoms in total. The fourth-order valence-corrected chi connectivity index (χ4v) is 2.54. The van der Waals surface area contributed by atoms with E-state index in [1.165, 1.54) is 0 Å². The molecule has 0 spiro atoms. The second kappa shape index (κ2) is 8.00. The third-order valence-electron chi connectivity index (χ3n) is 2.91. The molecule has 0 aromatic heterocycles. The summed E-state index contributed by atoms with van der Waals surface area (Å²) in [6, 6.07) is 5.46. The van der Waals surface area contributed by atoms with Crippen LogP contribution in [0.1, 0.15) is 32.3 Å². The van der Waals surface area contributed by atoms with Crippen molar-refractivity contribution in [2.45, 2.75) is 33.1 Å². The van der Waals surface area contributed by atoms with Crippen molar-refractivity contribution in [2.24, 2.45) is 5.92 Å². The molecule has 0 bridgehead atoms. The van der Waals surface area contributed by atoms with Crippen molar-refractivity contribution in [3.05, 3.63) is 23.8 Å². The summed E-state index contributed by atoms with van der Waals surface area (Å²) in [7, 11) is 3.20. The molecule has 0 radical (unpaired) electrons. The lowest BCUT2D eigenvalue weighted by Gasteiger charge is -2.10. The van der Waals surface area contributed by atoms with Crippen LogP contribution in [0.2, 0.25) is 0 Å². The second-order valence-corrected chi connectivity index (χ2v) is 5.78. The molecule has 0 unspecified atom stereocenters. The second-order valence-electron chi connectivity index (χ2n) is 5.21. The molecule has 0 heterocycles. The largest absolute Gasteiger partial charge is 0.497 e. The fraction of sp³-hybridized carbons (Fsp3) is 0.500. The van der Waals surface area contributed by atoms with E-state index < -0.39 is 0 Å². The number of Topliss-reactive ketones (excluding diaryl/α,β-unsaturated/α-hetero) is 1. The number of hydrogen-bond acceptors (Lipinski definition) is 4. The summed E-state index contributed by atoms with van der Waals surface area (Å²) < 4.78 is 10.5. The maximum atomic E-state index is 12.1. The van der Waals surface area contributed by atoms with Gasteiger partial charge in [-0.2, -0.15) is 0 Å². The van der Waals surface area contributed by atoms with E-state index in [1.54, 1.807) is 14.2 Å². The molecule has 110 valence electrons. The zero-order valence-corrected chi connectivity index (χ0v) is 13.4. The number of thiocarbonyl (C=S) groups is 1. The van der Waals surface area contributed by atoms with Gasteiger partial charge < -0.3 is 9.47 Å². The number of hydrogen-bond donors (Lipinski definition) is 0. The third kappa shape index (κ3) is 5.29. The van der Waals surface area contributed by atoms with Crippen LogP contribution in [-0.4, -0.2) is 24.9 Å². The summed E-state index contributed by atoms with van der Waals surface area (Å²) >= 11 is 5.26. The van der Waals surface area contributed by atoms with Gasteiger partial charge in [0.05, 0.1) is 14.2 Å². The third-order valence-corrected chi connectivity index (χ3v) is 3.22. The van der Waals surface area contributed by atoms with Gasteiger partial charge in [-0.05, 0) is 30.5 Å². The Morgan fingerprint density at radius 1 is 1.25 bits per heavy atom. The lowest BCUT2D eigenvalue weighted by Crippen LogP contribution is -2.11. The Kier molecular flexibility index (Phi) is 6.65. The Labute approximate surface area is 126 Å². The minimum absolute atomic E-state index is 0.113. The normalized spacial score (nSPS) is 10.4. The van der Waals surface area contributed by atoms with Gasteiger partial charge in [-0.15, -0.1) is 0 Å². The highest BCUT2D eigenvalue weighted by atomic mass is 32.1. The first-order chi connectivity index (χ1) is 9.46. The highest BCUT2D eigenvalue weighted by molar-refractivity contribution is 7.80. The van der Waals surface area contributed by atoms with Gasteiger partial charge in [-0.3, -0.25) is 4.79 Å². The zero-order valence-electron chi connectivity index (χ0n) is 12.6. The average molecular weight is 294 g/mol. The predicted octanol–water partition coefficient (Wildman–Crippen LogP) is 3.62. The van der Waals surface area contributed by atoms with Crippen molar-refractivity contribution in [3.63, 3.8) is 0 Å². The molecule has 0 N–H and O–H groups in total. The molecule has 1 aromatic rings. The van der Waals surface area contributed by atoms with Gasteiger partial charge in [0.25, 0.3) is 0 Å². The van der Waals surface area contributed by atoms with Crippen LogP contribution >= 0.6 is 12.2 Å². The number of rotatable bonds is 8. The summed E-state index contributed by atoms with van der Waals surface area (Å²) in [6.45, 7) is 4.20. The SMILES string of the molecule is COc1ccc(OC)c(CC(=O)CC(=S)CC(C)C)c1. The average Bonchev–Trinajstić information content (AvgIpc) is 2.37. The van der Waals surface area contributed by atoms with Crippen LogP contribution in [0.4, 0.5) is 0 Å². The molecule has 1 aromatic carbocycles. The van der Waals surface area contributed by atoms with Crippen LogP contribution in [-0.2, 0) is 11.2 Å². The monoisotopic (exact) mass is 294 g/mol. The van der Waals surface area contributed by atoms with Crippen LogP contribution in [0.15, 0.2) is 18.2 Å². The van der Waals surface area contributed by atoms with Gasteiger partial charge in [0.15, 0.2) is 0 Å². The molecule has 0 aliphatic carbocycles. The quantitative estimate of drug-likeness (QED) is 0.686. The number of ether oxygens (including phenoxy) is 2. The smallest absolute Gasteiger partial charge is 0.142 e. The zero-order chi connectivity index (χ0) is 15.1. The highest BCUT2D eigenvalue weighted by Crippen LogP contribution is 2.25. The van der Waals surface area contributed by atoms with Crippen LogP contribution in [0.25, 0.3) is 0 Å². The molecule has 4 heteroatoms. The Morgan fingerprint density at radius 3 is 2.50 bits per heavy atom. The van der Waals surface area contributed by atoms with E-state index in [4.69, 9.17) is 21.7 Å². The van der Waals surface area contributed by atoms with Crippen molar-refractivity contribution in [2.75, 3.05) is 14.2 Å². The summed E-state index contributed by atoms with van der Waals surface area (Å²) in [5.74, 6) is 2.02. The van der Waals surface area contributed by atoms with Gasteiger partial charge in [0, 0.05) is 23.3 Å². The molecule has 0 aliphatic rings. The minimum Gasteiger partial charge on any atom is -0.497 e. The number of benzene rings is 1. The minimum atomic E-state index is 0.113. The number of methoxy groups -OCH3 is 2. The van der Waals surface area contributed by atoms with Crippen molar-refractivity contribution in [3.8, 4) is 11.5 Å². The summed E-state index contributed by atoms with van der Waals surface area (Å²) in [4.78, 5) is 12.9. The van der Waals surface area contributed by atoms with E-state index in [2.05, 4.69) is 13.8 Å². The van der Waals surface area contributed by atoms with Crippen molar-refractivity contribution in [1.82, 2.24) is 0 Å². The Morgan fingerprint density at radius 2 is 1.95 bits per heavy atom. The van der Waals surface area contributed by atoms with Gasteiger partial charge >= 0.3 is 0 Å². The van der Waals surface area contributed by atoms with Gasteiger partial charge in [0.1, 0.15) is 17.3 Å². The topological polar surface area (TPSA) is 35.5 Å². The van der Waals surface area contributed by atoms with E-state index in [0.29, 0.717) is 24.5 Å². The van der Waals surface area contributed by atoms with Crippen LogP contribution < -0.4 is 9.47 Å². The lowest BCUT2D eigenvalue weighted by atomic mass is 10.0. The van der Waals surface area contributed by atoms with Gasteiger partial charge in [-0.1, -0.05) is 26.1 Å². The maximum Gasteiger partial charge on any atom is 0.142 e. The van der Waals surface area contributed by atoms with Gasteiger partial charge in [-0.25, -0.2) is 0 Å². The Bertz CT molecular complexity index is 481. The molecular weight excluding hydrogens is 272 g/mol. The van der Waals surface area contributed by atoms with E-state index in [0.717, 1.165) is 22.6 Å². The van der Waals surface area contributed by atoms with Gasteiger partial charge in [0.2, 0.25) is 0 Å². The molecule has 0 saturated carbocycles. The van der Waals surface area contributed by atoms with E-state index in [9.17, 15) is 4.79 Å². The Hall–Kier alpha value is -1.42. The molecule has 0 aliphatic heterocycles. The standard InChI is InChI=1S/C16H22O3S/c1-11(2)7-15(20)10-13(17)8-12-9-14(18-3)5-6-16(12)19-4/h5-6,9,11H,7-8,10H2,1-4H3. The van der Waals surface area contributed by atoms with Crippen LogP contribution in [0, 0.1) is 5.92 Å². The van der Waals surface area contributed by atoms with Crippen molar-refractivity contribution < 1.29 is 14.3 Å². The molecule has 20 heavy (non-hydrogen) atoms. The van der Waals surface area contributed by atoms with E-state index in [1.807, 2.05) is 18.2 Å². The first kappa shape index (κ1) is 16.6. The van der Waals surface area contributed by atoms with Crippen LogP contribution in [0.3, 0.4) is 0 Å². The van der Waals surface area contributed by atoms with E-state index in [-0.39, 0.29) is 5.78 Å². The summed E-state index contributed by atoms with van der Waals surface area (Å²) in [5.41, 5.74) is 0.837. The molecular formula is C16H22O3S. The highest BCUT2D eigenvalue weighted by Gasteiger charge is 2.12. The van der Waals surface area contributed by atoms with Crippen LogP contribution in [0.5, 0.6) is 11.5 Å². The number of ketones is 1. The van der Waals surface area contributed by atoms with Crippen molar-refractivity contribution in [1.29, 1.82) is 0 Å². The molecule has 1 rings (SSSR count).